The van der Waals surface area contributed by atoms with Crippen LogP contribution in [0.4, 0.5) is 0 Å². The Bertz CT molecular complexity index is 162. The number of hydrogen-bond donors (Lipinski definition) is 0. The first-order valence-corrected chi connectivity index (χ1v) is 4.97. The molecule has 0 N–H and O–H groups in total. The Morgan fingerprint density at radius 3 is 2.62 bits per heavy atom. The average Bonchev–Trinajstić information content (AvgIpc) is 2.16. The van der Waals surface area contributed by atoms with Gasteiger partial charge in [0.15, 0.2) is 0 Å². The van der Waals surface area contributed by atoms with Crippen LogP contribution in [0.25, 0.3) is 0 Å². The monoisotopic (exact) mass is 185 g/mol. The maximum absolute atomic E-state index is 10.9. The normalized spacial score (nSPS) is 20.2. The smallest absolute Gasteiger partial charge is 0.305 e. The lowest BCUT2D eigenvalue weighted by Crippen LogP contribution is -2.30. The summed E-state index contributed by atoms with van der Waals surface area (Å²) in [5.74, 6) is 0.661. The van der Waals surface area contributed by atoms with Crippen molar-refractivity contribution in [3.63, 3.8) is 0 Å². The van der Waals surface area contributed by atoms with E-state index in [1.807, 2.05) is 0 Å². The predicted octanol–water partition coefficient (Wildman–Crippen LogP) is 1.28. The number of nitrogens with zero attached hydrogens (tertiary/aromatic N) is 1. The van der Waals surface area contributed by atoms with Crippen LogP contribution in [0, 0.1) is 5.92 Å². The van der Waals surface area contributed by atoms with Gasteiger partial charge in [-0.1, -0.05) is 0 Å². The Morgan fingerprint density at radius 2 is 2.08 bits per heavy atom. The molecule has 0 bridgehead atoms. The van der Waals surface area contributed by atoms with E-state index >= 15 is 0 Å². The van der Waals surface area contributed by atoms with Crippen LogP contribution in [-0.2, 0) is 9.53 Å². The third-order valence-electron chi connectivity index (χ3n) is 2.82. The molecule has 0 radical (unpaired) electrons. The van der Waals surface area contributed by atoms with E-state index in [2.05, 4.69) is 16.7 Å². The van der Waals surface area contributed by atoms with Crippen molar-refractivity contribution in [2.24, 2.45) is 5.92 Å². The van der Waals surface area contributed by atoms with Gasteiger partial charge >= 0.3 is 5.97 Å². The van der Waals surface area contributed by atoms with E-state index in [-0.39, 0.29) is 5.97 Å². The van der Waals surface area contributed by atoms with Gasteiger partial charge in [0.25, 0.3) is 0 Å². The molecule has 0 amide bonds. The number of methoxy groups -OCH3 is 1. The summed E-state index contributed by atoms with van der Waals surface area (Å²) in [6, 6.07) is 0. The van der Waals surface area contributed by atoms with Crippen molar-refractivity contribution in [2.75, 3.05) is 27.2 Å². The summed E-state index contributed by atoms with van der Waals surface area (Å²) in [4.78, 5) is 13.2. The van der Waals surface area contributed by atoms with Crippen LogP contribution >= 0.6 is 0 Å². The highest BCUT2D eigenvalue weighted by atomic mass is 16.5. The van der Waals surface area contributed by atoms with Crippen molar-refractivity contribution in [1.29, 1.82) is 0 Å². The van der Waals surface area contributed by atoms with Gasteiger partial charge in [0, 0.05) is 6.42 Å². The van der Waals surface area contributed by atoms with Gasteiger partial charge in [-0.2, -0.15) is 0 Å². The highest BCUT2D eigenvalue weighted by Gasteiger charge is 2.17. The molecule has 0 aromatic rings. The summed E-state index contributed by atoms with van der Waals surface area (Å²) in [5, 5.41) is 0. The van der Waals surface area contributed by atoms with Crippen LogP contribution in [-0.4, -0.2) is 38.1 Å². The molecule has 0 atom stereocenters. The number of ether oxygens (including phenoxy) is 1. The number of likely N-dealkylation sites (tertiary alicyclic amines) is 1. The van der Waals surface area contributed by atoms with E-state index in [1.54, 1.807) is 0 Å². The van der Waals surface area contributed by atoms with Crippen LogP contribution < -0.4 is 0 Å². The lowest BCUT2D eigenvalue weighted by Gasteiger charge is -2.28. The van der Waals surface area contributed by atoms with Crippen molar-refractivity contribution in [2.45, 2.75) is 25.7 Å². The maximum Gasteiger partial charge on any atom is 0.305 e. The Kier molecular flexibility index (Phi) is 4.22. The lowest BCUT2D eigenvalue weighted by atomic mass is 9.92. The molecule has 0 saturated carbocycles. The van der Waals surface area contributed by atoms with E-state index in [4.69, 9.17) is 0 Å². The second-order valence-corrected chi connectivity index (χ2v) is 3.86. The van der Waals surface area contributed by atoms with Gasteiger partial charge in [0.2, 0.25) is 0 Å². The van der Waals surface area contributed by atoms with Gasteiger partial charge in [-0.05, 0) is 45.3 Å². The second-order valence-electron chi connectivity index (χ2n) is 3.86. The first kappa shape index (κ1) is 10.5. The molecule has 1 saturated heterocycles. The molecule has 3 heteroatoms. The second kappa shape index (κ2) is 5.22. The molecule has 1 heterocycles. The first-order valence-electron chi connectivity index (χ1n) is 4.97. The van der Waals surface area contributed by atoms with Crippen LogP contribution in [0.1, 0.15) is 25.7 Å². The van der Waals surface area contributed by atoms with Crippen molar-refractivity contribution < 1.29 is 9.53 Å². The highest BCUT2D eigenvalue weighted by molar-refractivity contribution is 5.69. The van der Waals surface area contributed by atoms with E-state index in [1.165, 1.54) is 33.0 Å². The number of hydrogen-bond acceptors (Lipinski definition) is 3. The Labute approximate surface area is 80.1 Å². The van der Waals surface area contributed by atoms with E-state index in [0.29, 0.717) is 6.42 Å². The van der Waals surface area contributed by atoms with Crippen LogP contribution in [0.15, 0.2) is 0 Å². The molecule has 1 fully saturated rings. The fourth-order valence-electron chi connectivity index (χ4n) is 1.77. The van der Waals surface area contributed by atoms with Crippen molar-refractivity contribution >= 4 is 5.97 Å². The minimum Gasteiger partial charge on any atom is -0.469 e. The molecular weight excluding hydrogens is 166 g/mol. The molecule has 0 aliphatic carbocycles. The van der Waals surface area contributed by atoms with Gasteiger partial charge in [-0.3, -0.25) is 4.79 Å². The number of esters is 1. The summed E-state index contributed by atoms with van der Waals surface area (Å²) >= 11 is 0. The first-order chi connectivity index (χ1) is 6.22. The van der Waals surface area contributed by atoms with Crippen molar-refractivity contribution in [3.8, 4) is 0 Å². The largest absolute Gasteiger partial charge is 0.469 e. The number of carbonyl (C=O) groups excluding carboxylic acids is 1. The Morgan fingerprint density at radius 1 is 1.46 bits per heavy atom. The summed E-state index contributed by atoms with van der Waals surface area (Å²) in [7, 11) is 3.60. The van der Waals surface area contributed by atoms with Crippen LogP contribution in [0.2, 0.25) is 0 Å². The van der Waals surface area contributed by atoms with Crippen molar-refractivity contribution in [3.05, 3.63) is 0 Å². The summed E-state index contributed by atoms with van der Waals surface area (Å²) in [6.45, 7) is 2.34. The minimum atomic E-state index is -0.0704. The predicted molar refractivity (Wildman–Crippen MR) is 51.5 cm³/mol. The Hall–Kier alpha value is -0.570. The molecule has 1 rings (SSSR count). The highest BCUT2D eigenvalue weighted by Crippen LogP contribution is 2.20. The standard InChI is InChI=1S/C10H19NO2/c1-11-7-5-9(6-8-11)3-4-10(12)13-2/h9H,3-8H2,1-2H3. The van der Waals surface area contributed by atoms with Gasteiger partial charge in [-0.25, -0.2) is 0 Å². The lowest BCUT2D eigenvalue weighted by molar-refractivity contribution is -0.141. The zero-order valence-corrected chi connectivity index (χ0v) is 8.58. The van der Waals surface area contributed by atoms with Gasteiger partial charge in [0.1, 0.15) is 0 Å². The number of piperidine rings is 1. The van der Waals surface area contributed by atoms with E-state index < -0.39 is 0 Å². The van der Waals surface area contributed by atoms with E-state index in [0.717, 1.165) is 12.3 Å². The fraction of sp³-hybridized carbons (Fsp3) is 0.900. The molecule has 13 heavy (non-hydrogen) atoms. The average molecular weight is 185 g/mol. The molecular formula is C10H19NO2. The van der Waals surface area contributed by atoms with Crippen LogP contribution in [0.5, 0.6) is 0 Å². The quantitative estimate of drug-likeness (QED) is 0.620. The summed E-state index contributed by atoms with van der Waals surface area (Å²) < 4.78 is 4.61. The molecule has 0 spiro atoms. The molecule has 0 aromatic carbocycles. The number of carbonyl (C=O) groups is 1. The number of rotatable bonds is 3. The Balaban J connectivity index is 2.12. The minimum absolute atomic E-state index is 0.0704. The molecule has 1 aliphatic rings. The molecule has 76 valence electrons. The zero-order valence-electron chi connectivity index (χ0n) is 8.58. The maximum atomic E-state index is 10.9. The molecule has 1 aliphatic heterocycles. The summed E-state index contributed by atoms with van der Waals surface area (Å²) in [6.07, 6.45) is 4.05. The van der Waals surface area contributed by atoms with E-state index in [9.17, 15) is 4.79 Å². The van der Waals surface area contributed by atoms with Gasteiger partial charge in [0.05, 0.1) is 7.11 Å². The topological polar surface area (TPSA) is 29.5 Å². The molecule has 0 aromatic heterocycles. The van der Waals surface area contributed by atoms with Crippen LogP contribution in [0.3, 0.4) is 0 Å². The molecule has 3 nitrogen and oxygen atoms in total. The third-order valence-corrected chi connectivity index (χ3v) is 2.82. The van der Waals surface area contributed by atoms with Gasteiger partial charge < -0.3 is 9.64 Å². The van der Waals surface area contributed by atoms with Crippen molar-refractivity contribution in [1.82, 2.24) is 4.90 Å². The third kappa shape index (κ3) is 3.77. The van der Waals surface area contributed by atoms with Gasteiger partial charge in [-0.15, -0.1) is 0 Å². The zero-order chi connectivity index (χ0) is 9.68. The fourth-order valence-corrected chi connectivity index (χ4v) is 1.77. The SMILES string of the molecule is COC(=O)CCC1CCN(C)CC1. The summed E-state index contributed by atoms with van der Waals surface area (Å²) in [5.41, 5.74) is 0. The molecule has 0 unspecified atom stereocenters.